The lowest BCUT2D eigenvalue weighted by atomic mass is 9.94. The lowest BCUT2D eigenvalue weighted by Crippen LogP contribution is -2.33. The highest BCUT2D eigenvalue weighted by Gasteiger charge is 2.41. The third kappa shape index (κ3) is 3.61. The molecule has 5 rings (SSSR count). The number of fused-ring (bicyclic) bond motifs is 3. The van der Waals surface area contributed by atoms with Gasteiger partial charge in [-0.25, -0.2) is 9.07 Å². The Bertz CT molecular complexity index is 779. The van der Waals surface area contributed by atoms with Gasteiger partial charge in [0.05, 0.1) is 30.1 Å². The second kappa shape index (κ2) is 7.83. The van der Waals surface area contributed by atoms with Crippen molar-refractivity contribution in [2.75, 3.05) is 26.3 Å². The van der Waals surface area contributed by atoms with Crippen LogP contribution in [0.1, 0.15) is 41.8 Å². The summed E-state index contributed by atoms with van der Waals surface area (Å²) < 4.78 is 26.8. The Morgan fingerprint density at radius 1 is 1.11 bits per heavy atom. The smallest absolute Gasteiger partial charge is 0.123 e. The molecule has 2 fully saturated rings. The van der Waals surface area contributed by atoms with Gasteiger partial charge in [-0.05, 0) is 30.5 Å². The van der Waals surface area contributed by atoms with E-state index in [-0.39, 0.29) is 30.4 Å². The molecule has 0 saturated carbocycles. The minimum Gasteiger partial charge on any atom is -0.381 e. The molecule has 2 saturated heterocycles. The molecule has 0 bridgehead atoms. The van der Waals surface area contributed by atoms with Gasteiger partial charge in [-0.2, -0.15) is 0 Å². The normalized spacial score (nSPS) is 25.7. The molecule has 3 aliphatic heterocycles. The van der Waals surface area contributed by atoms with Crippen LogP contribution in [0, 0.1) is 5.82 Å². The zero-order valence-corrected chi connectivity index (χ0v) is 15.9. The summed E-state index contributed by atoms with van der Waals surface area (Å²) in [5, 5.41) is 9.02. The molecule has 0 radical (unpaired) electrons. The highest BCUT2D eigenvalue weighted by Crippen LogP contribution is 2.36. The van der Waals surface area contributed by atoms with Gasteiger partial charge in [0.1, 0.15) is 5.82 Å². The summed E-state index contributed by atoms with van der Waals surface area (Å²) in [4.78, 5) is 2.35. The number of hydrogen-bond donors (Lipinski definition) is 0. The maximum atomic E-state index is 13.1. The standard InChI is InChI=1S/C19H23FN4O2.ClH/c20-15-3-1-13(2-4-15)9-23-10-16-18(11-23)26-12-17-19(21-22-24(16)17)14-5-7-25-8-6-14;/h1-4,14,16,18H,5-12H2;1H/t16-,18-;/m1./s1. The van der Waals surface area contributed by atoms with Gasteiger partial charge in [0.15, 0.2) is 0 Å². The maximum Gasteiger partial charge on any atom is 0.123 e. The number of likely N-dealkylation sites (tertiary alicyclic amines) is 1. The van der Waals surface area contributed by atoms with E-state index < -0.39 is 0 Å². The molecule has 4 heterocycles. The van der Waals surface area contributed by atoms with Crippen molar-refractivity contribution in [3.8, 4) is 0 Å². The third-order valence-corrected chi connectivity index (χ3v) is 5.81. The Balaban J connectivity index is 0.00000180. The number of rotatable bonds is 3. The van der Waals surface area contributed by atoms with Crippen LogP contribution in [0.5, 0.6) is 0 Å². The first-order chi connectivity index (χ1) is 12.8. The molecule has 6 nitrogen and oxygen atoms in total. The fourth-order valence-corrected chi connectivity index (χ4v) is 4.41. The summed E-state index contributed by atoms with van der Waals surface area (Å²) >= 11 is 0. The van der Waals surface area contributed by atoms with Crippen LogP contribution in [0.2, 0.25) is 0 Å². The molecule has 0 unspecified atom stereocenters. The van der Waals surface area contributed by atoms with E-state index in [2.05, 4.69) is 19.9 Å². The van der Waals surface area contributed by atoms with Crippen LogP contribution >= 0.6 is 12.4 Å². The van der Waals surface area contributed by atoms with E-state index in [4.69, 9.17) is 9.47 Å². The Morgan fingerprint density at radius 2 is 1.89 bits per heavy atom. The fourth-order valence-electron chi connectivity index (χ4n) is 4.41. The minimum atomic E-state index is -0.194. The molecule has 0 aliphatic carbocycles. The average molecular weight is 395 g/mol. The number of halogens is 2. The molecule has 0 spiro atoms. The van der Waals surface area contributed by atoms with E-state index in [0.717, 1.165) is 62.6 Å². The SMILES string of the molecule is Cl.Fc1ccc(CN2C[C@@H]3[C@@H](C2)OCc2c(C4CCOCC4)nnn23)cc1. The maximum absolute atomic E-state index is 13.1. The quantitative estimate of drug-likeness (QED) is 0.801. The van der Waals surface area contributed by atoms with Crippen molar-refractivity contribution in [1.29, 1.82) is 0 Å². The van der Waals surface area contributed by atoms with Crippen LogP contribution in [0.3, 0.4) is 0 Å². The first-order valence-electron chi connectivity index (χ1n) is 9.38. The van der Waals surface area contributed by atoms with E-state index in [1.54, 1.807) is 0 Å². The average Bonchev–Trinajstić information content (AvgIpc) is 3.27. The Morgan fingerprint density at radius 3 is 2.67 bits per heavy atom. The predicted molar refractivity (Wildman–Crippen MR) is 99.4 cm³/mol. The van der Waals surface area contributed by atoms with E-state index >= 15 is 0 Å². The van der Waals surface area contributed by atoms with Crippen molar-refractivity contribution in [3.05, 3.63) is 47.0 Å². The van der Waals surface area contributed by atoms with Crippen LogP contribution < -0.4 is 0 Å². The summed E-state index contributed by atoms with van der Waals surface area (Å²) in [5.74, 6) is 0.240. The lowest BCUT2D eigenvalue weighted by molar-refractivity contribution is -0.00619. The fraction of sp³-hybridized carbons (Fsp3) is 0.579. The van der Waals surface area contributed by atoms with Crippen molar-refractivity contribution < 1.29 is 13.9 Å². The van der Waals surface area contributed by atoms with Gasteiger partial charge in [0, 0.05) is 38.8 Å². The minimum absolute atomic E-state index is 0. The van der Waals surface area contributed by atoms with Crippen molar-refractivity contribution in [2.45, 2.75) is 44.1 Å². The zero-order chi connectivity index (χ0) is 17.5. The number of aromatic nitrogens is 3. The predicted octanol–water partition coefficient (Wildman–Crippen LogP) is 2.69. The number of ether oxygens (including phenoxy) is 2. The number of benzene rings is 1. The molecule has 1 aromatic heterocycles. The summed E-state index contributed by atoms with van der Waals surface area (Å²) in [7, 11) is 0. The van der Waals surface area contributed by atoms with Crippen molar-refractivity contribution in [3.63, 3.8) is 0 Å². The largest absolute Gasteiger partial charge is 0.381 e. The van der Waals surface area contributed by atoms with Crippen LogP contribution in [-0.2, 0) is 22.6 Å². The number of hydrogen-bond acceptors (Lipinski definition) is 5. The topological polar surface area (TPSA) is 52.4 Å². The molecule has 0 amide bonds. The van der Waals surface area contributed by atoms with Gasteiger partial charge in [-0.1, -0.05) is 17.3 Å². The molecule has 8 heteroatoms. The van der Waals surface area contributed by atoms with Crippen LogP contribution in [0.4, 0.5) is 4.39 Å². The highest BCUT2D eigenvalue weighted by molar-refractivity contribution is 5.85. The van der Waals surface area contributed by atoms with E-state index in [0.29, 0.717) is 12.5 Å². The summed E-state index contributed by atoms with van der Waals surface area (Å²) in [5.41, 5.74) is 3.36. The summed E-state index contributed by atoms with van der Waals surface area (Å²) in [6.07, 6.45) is 2.17. The molecule has 0 N–H and O–H groups in total. The molecule has 1 aromatic carbocycles. The van der Waals surface area contributed by atoms with Gasteiger partial charge in [0.2, 0.25) is 0 Å². The molecule has 146 valence electrons. The first-order valence-corrected chi connectivity index (χ1v) is 9.38. The van der Waals surface area contributed by atoms with Crippen LogP contribution in [0.25, 0.3) is 0 Å². The number of nitrogens with zero attached hydrogens (tertiary/aromatic N) is 4. The lowest BCUT2D eigenvalue weighted by Gasteiger charge is -2.28. The van der Waals surface area contributed by atoms with E-state index in [1.807, 2.05) is 12.1 Å². The van der Waals surface area contributed by atoms with Gasteiger partial charge < -0.3 is 9.47 Å². The van der Waals surface area contributed by atoms with Gasteiger partial charge in [0.25, 0.3) is 0 Å². The Hall–Kier alpha value is -1.54. The van der Waals surface area contributed by atoms with Gasteiger partial charge in [-0.3, -0.25) is 4.90 Å². The molecule has 2 aromatic rings. The third-order valence-electron chi connectivity index (χ3n) is 5.81. The monoisotopic (exact) mass is 394 g/mol. The Labute approximate surface area is 164 Å². The summed E-state index contributed by atoms with van der Waals surface area (Å²) in [6.45, 7) is 4.74. The molecule has 2 atom stereocenters. The van der Waals surface area contributed by atoms with Gasteiger partial charge >= 0.3 is 0 Å². The van der Waals surface area contributed by atoms with Crippen LogP contribution in [0.15, 0.2) is 24.3 Å². The molecular weight excluding hydrogens is 371 g/mol. The van der Waals surface area contributed by atoms with E-state index in [1.165, 1.54) is 12.1 Å². The zero-order valence-electron chi connectivity index (χ0n) is 15.1. The van der Waals surface area contributed by atoms with Crippen molar-refractivity contribution >= 4 is 12.4 Å². The van der Waals surface area contributed by atoms with Crippen LogP contribution in [-0.4, -0.2) is 52.3 Å². The highest BCUT2D eigenvalue weighted by atomic mass is 35.5. The first kappa shape index (κ1) is 18.8. The van der Waals surface area contributed by atoms with E-state index in [9.17, 15) is 4.39 Å². The summed E-state index contributed by atoms with van der Waals surface area (Å²) in [6, 6.07) is 6.94. The Kier molecular flexibility index (Phi) is 5.45. The van der Waals surface area contributed by atoms with Crippen molar-refractivity contribution in [1.82, 2.24) is 19.9 Å². The van der Waals surface area contributed by atoms with Crippen molar-refractivity contribution in [2.24, 2.45) is 0 Å². The molecular formula is C19H24ClFN4O2. The second-order valence-electron chi connectivity index (χ2n) is 7.49. The molecule has 3 aliphatic rings. The van der Waals surface area contributed by atoms with Gasteiger partial charge in [-0.15, -0.1) is 17.5 Å². The molecule has 27 heavy (non-hydrogen) atoms. The second-order valence-corrected chi connectivity index (χ2v) is 7.49.